The molecule has 0 aliphatic heterocycles. The van der Waals surface area contributed by atoms with Crippen molar-refractivity contribution in [3.05, 3.63) is 23.8 Å². The maximum Gasteiger partial charge on any atom is 0.151 e. The lowest BCUT2D eigenvalue weighted by Crippen LogP contribution is -2.23. The Labute approximate surface area is 88.7 Å². The molecule has 0 aromatic heterocycles. The number of benzene rings is 1. The van der Waals surface area contributed by atoms with Crippen LogP contribution in [0.3, 0.4) is 0 Å². The molecule has 0 aliphatic carbocycles. The fourth-order valence-electron chi connectivity index (χ4n) is 1.49. The van der Waals surface area contributed by atoms with E-state index < -0.39 is 17.3 Å². The standard InChI is InChI=1S/C11H16F2N2/c1-3-5-15(4-2)8-6-9(12)11(14)10(13)7-8/h6-7H,3-5,14H2,1-2H3. The summed E-state index contributed by atoms with van der Waals surface area (Å²) in [5.41, 5.74) is 5.33. The van der Waals surface area contributed by atoms with Gasteiger partial charge in [0.15, 0.2) is 11.6 Å². The van der Waals surface area contributed by atoms with Crippen LogP contribution in [0.5, 0.6) is 0 Å². The monoisotopic (exact) mass is 214 g/mol. The van der Waals surface area contributed by atoms with Gasteiger partial charge in [0.2, 0.25) is 0 Å². The number of anilines is 2. The zero-order valence-electron chi connectivity index (χ0n) is 9.06. The van der Waals surface area contributed by atoms with Gasteiger partial charge in [-0.3, -0.25) is 0 Å². The summed E-state index contributed by atoms with van der Waals surface area (Å²) in [6.45, 7) is 5.46. The lowest BCUT2D eigenvalue weighted by molar-refractivity contribution is 0.590. The molecule has 0 saturated heterocycles. The highest BCUT2D eigenvalue weighted by Crippen LogP contribution is 2.23. The predicted molar refractivity (Wildman–Crippen MR) is 58.9 cm³/mol. The molecule has 15 heavy (non-hydrogen) atoms. The molecule has 0 radical (unpaired) electrons. The molecule has 0 bridgehead atoms. The van der Waals surface area contributed by atoms with Crippen LogP contribution in [0.4, 0.5) is 20.2 Å². The number of nitrogen functional groups attached to an aromatic ring is 1. The van der Waals surface area contributed by atoms with E-state index in [0.29, 0.717) is 5.69 Å². The van der Waals surface area contributed by atoms with Gasteiger partial charge in [0.1, 0.15) is 5.69 Å². The average molecular weight is 214 g/mol. The largest absolute Gasteiger partial charge is 0.394 e. The van der Waals surface area contributed by atoms with Crippen LogP contribution < -0.4 is 10.6 Å². The van der Waals surface area contributed by atoms with Gasteiger partial charge in [-0.2, -0.15) is 0 Å². The number of hydrogen-bond acceptors (Lipinski definition) is 2. The lowest BCUT2D eigenvalue weighted by Gasteiger charge is -2.22. The summed E-state index contributed by atoms with van der Waals surface area (Å²) in [5, 5.41) is 0. The Bertz CT molecular complexity index is 316. The second-order valence-electron chi connectivity index (χ2n) is 3.40. The third kappa shape index (κ3) is 2.58. The Hall–Kier alpha value is -1.32. The van der Waals surface area contributed by atoms with E-state index in [1.807, 2.05) is 18.7 Å². The minimum atomic E-state index is -0.695. The topological polar surface area (TPSA) is 29.3 Å². The van der Waals surface area contributed by atoms with Crippen molar-refractivity contribution >= 4 is 11.4 Å². The van der Waals surface area contributed by atoms with E-state index in [1.165, 1.54) is 12.1 Å². The number of hydrogen-bond donors (Lipinski definition) is 1. The molecule has 1 aromatic rings. The maximum absolute atomic E-state index is 13.2. The van der Waals surface area contributed by atoms with Crippen molar-refractivity contribution in [1.82, 2.24) is 0 Å². The van der Waals surface area contributed by atoms with Crippen molar-refractivity contribution in [2.45, 2.75) is 20.3 Å². The van der Waals surface area contributed by atoms with Gasteiger partial charge in [-0.05, 0) is 25.5 Å². The van der Waals surface area contributed by atoms with E-state index in [9.17, 15) is 8.78 Å². The summed E-state index contributed by atoms with van der Waals surface area (Å²) in [4.78, 5) is 1.91. The van der Waals surface area contributed by atoms with Crippen molar-refractivity contribution in [3.8, 4) is 0 Å². The van der Waals surface area contributed by atoms with Gasteiger partial charge in [-0.15, -0.1) is 0 Å². The third-order valence-corrected chi connectivity index (χ3v) is 2.30. The van der Waals surface area contributed by atoms with Gasteiger partial charge < -0.3 is 10.6 Å². The zero-order chi connectivity index (χ0) is 11.4. The van der Waals surface area contributed by atoms with Crippen LogP contribution in [-0.4, -0.2) is 13.1 Å². The van der Waals surface area contributed by atoms with Crippen molar-refractivity contribution in [2.75, 3.05) is 23.7 Å². The maximum atomic E-state index is 13.2. The number of halogens is 2. The fourth-order valence-corrected chi connectivity index (χ4v) is 1.49. The van der Waals surface area contributed by atoms with Crippen molar-refractivity contribution in [1.29, 1.82) is 0 Å². The average Bonchev–Trinajstić information content (AvgIpc) is 2.22. The van der Waals surface area contributed by atoms with E-state index >= 15 is 0 Å². The van der Waals surface area contributed by atoms with Crippen LogP contribution in [0.1, 0.15) is 20.3 Å². The summed E-state index contributed by atoms with van der Waals surface area (Å²) in [5.74, 6) is -1.39. The van der Waals surface area contributed by atoms with Crippen LogP contribution in [0, 0.1) is 11.6 Å². The first kappa shape index (κ1) is 11.8. The number of nitrogens with two attached hydrogens (primary N) is 1. The van der Waals surface area contributed by atoms with Crippen LogP contribution >= 0.6 is 0 Å². The molecule has 0 spiro atoms. The summed E-state index contributed by atoms with van der Waals surface area (Å²) < 4.78 is 26.4. The van der Waals surface area contributed by atoms with Gasteiger partial charge in [0.25, 0.3) is 0 Å². The van der Waals surface area contributed by atoms with E-state index in [0.717, 1.165) is 19.5 Å². The van der Waals surface area contributed by atoms with Crippen molar-refractivity contribution in [2.24, 2.45) is 0 Å². The van der Waals surface area contributed by atoms with E-state index in [2.05, 4.69) is 0 Å². The first-order chi connectivity index (χ1) is 7.10. The summed E-state index contributed by atoms with van der Waals surface area (Å²) >= 11 is 0. The quantitative estimate of drug-likeness (QED) is 0.781. The van der Waals surface area contributed by atoms with E-state index in [1.54, 1.807) is 0 Å². The summed E-state index contributed by atoms with van der Waals surface area (Å²) in [6, 6.07) is 2.55. The zero-order valence-corrected chi connectivity index (χ0v) is 9.06. The number of nitrogens with zero attached hydrogens (tertiary/aromatic N) is 1. The molecule has 0 saturated carbocycles. The van der Waals surface area contributed by atoms with Gasteiger partial charge in [-0.25, -0.2) is 8.78 Å². The Balaban J connectivity index is 3.03. The fraction of sp³-hybridized carbons (Fsp3) is 0.455. The first-order valence-electron chi connectivity index (χ1n) is 5.09. The Kier molecular flexibility index (Phi) is 3.88. The molecule has 0 aliphatic rings. The van der Waals surface area contributed by atoms with Gasteiger partial charge >= 0.3 is 0 Å². The first-order valence-corrected chi connectivity index (χ1v) is 5.09. The third-order valence-electron chi connectivity index (χ3n) is 2.30. The molecule has 84 valence electrons. The molecule has 0 amide bonds. The minimum Gasteiger partial charge on any atom is -0.394 e. The highest BCUT2D eigenvalue weighted by Gasteiger charge is 2.11. The highest BCUT2D eigenvalue weighted by atomic mass is 19.1. The van der Waals surface area contributed by atoms with E-state index in [4.69, 9.17) is 5.73 Å². The van der Waals surface area contributed by atoms with Gasteiger partial charge in [0, 0.05) is 18.8 Å². The Morgan fingerprint density at radius 3 is 2.13 bits per heavy atom. The SMILES string of the molecule is CCCN(CC)c1cc(F)c(N)c(F)c1. The lowest BCUT2D eigenvalue weighted by atomic mass is 10.2. The van der Waals surface area contributed by atoms with Crippen LogP contribution in [0.25, 0.3) is 0 Å². The van der Waals surface area contributed by atoms with Crippen LogP contribution in [0.15, 0.2) is 12.1 Å². The van der Waals surface area contributed by atoms with Gasteiger partial charge in [-0.1, -0.05) is 6.92 Å². The smallest absolute Gasteiger partial charge is 0.151 e. The van der Waals surface area contributed by atoms with Crippen LogP contribution in [0.2, 0.25) is 0 Å². The summed E-state index contributed by atoms with van der Waals surface area (Å²) in [6.07, 6.45) is 0.932. The molecule has 0 fully saturated rings. The Morgan fingerprint density at radius 1 is 1.20 bits per heavy atom. The Morgan fingerprint density at radius 2 is 1.73 bits per heavy atom. The second-order valence-corrected chi connectivity index (χ2v) is 3.40. The molecule has 4 heteroatoms. The molecular formula is C11H16F2N2. The minimum absolute atomic E-state index is 0.411. The molecule has 0 atom stereocenters. The highest BCUT2D eigenvalue weighted by molar-refractivity contribution is 5.55. The molecule has 0 unspecified atom stereocenters. The molecule has 2 nitrogen and oxygen atoms in total. The van der Waals surface area contributed by atoms with Gasteiger partial charge in [0.05, 0.1) is 0 Å². The predicted octanol–water partition coefficient (Wildman–Crippen LogP) is 2.78. The van der Waals surface area contributed by atoms with Crippen molar-refractivity contribution < 1.29 is 8.78 Å². The molecule has 1 aromatic carbocycles. The molecular weight excluding hydrogens is 198 g/mol. The summed E-state index contributed by atoms with van der Waals surface area (Å²) in [7, 11) is 0. The molecule has 1 rings (SSSR count). The van der Waals surface area contributed by atoms with Crippen LogP contribution in [-0.2, 0) is 0 Å². The van der Waals surface area contributed by atoms with E-state index in [-0.39, 0.29) is 0 Å². The molecule has 0 heterocycles. The number of rotatable bonds is 4. The second kappa shape index (κ2) is 4.96. The normalized spacial score (nSPS) is 10.4. The molecule has 2 N–H and O–H groups in total. The van der Waals surface area contributed by atoms with Crippen molar-refractivity contribution in [3.63, 3.8) is 0 Å².